The van der Waals surface area contributed by atoms with E-state index in [0.29, 0.717) is 42.9 Å². The van der Waals surface area contributed by atoms with Gasteiger partial charge in [-0.1, -0.05) is 25.7 Å². The molecule has 1 aliphatic carbocycles. The van der Waals surface area contributed by atoms with Gasteiger partial charge in [-0.15, -0.1) is 0 Å². The number of halogens is 1. The molecule has 2 aliphatic heterocycles. The SMILES string of the molecule is C/C=C(\C)C(=O)N1C[C@H](n2ncc3c(N4C[C@H](C)N(C(=O)OC(C)(C)C)[C@@H](C)C4)cc(S(=O)(=O)N(COCC[Si](C)(C)C)C4(C)CC4)cc32)C[C@H]1CF. The summed E-state index contributed by atoms with van der Waals surface area (Å²) >= 11 is 0. The molecule has 3 aliphatic rings. The van der Waals surface area contributed by atoms with Crippen molar-refractivity contribution >= 4 is 46.7 Å². The van der Waals surface area contributed by atoms with E-state index in [0.717, 1.165) is 24.3 Å². The number of piperazine rings is 1. The van der Waals surface area contributed by atoms with Crippen molar-refractivity contribution in [1.29, 1.82) is 0 Å². The number of carbonyl (C=O) groups is 2. The van der Waals surface area contributed by atoms with Crippen LogP contribution in [0.15, 0.2) is 34.9 Å². The molecule has 0 radical (unpaired) electrons. The van der Waals surface area contributed by atoms with E-state index in [9.17, 15) is 22.4 Å². The molecule has 1 aromatic heterocycles. The molecule has 53 heavy (non-hydrogen) atoms. The van der Waals surface area contributed by atoms with Crippen LogP contribution in [0.4, 0.5) is 14.9 Å². The molecule has 12 nitrogen and oxygen atoms in total. The minimum absolute atomic E-state index is 0.0409. The van der Waals surface area contributed by atoms with Crippen molar-refractivity contribution in [2.24, 2.45) is 0 Å². The van der Waals surface area contributed by atoms with Crippen molar-refractivity contribution < 1.29 is 31.9 Å². The molecule has 2 aromatic rings. The number of amides is 2. The van der Waals surface area contributed by atoms with Gasteiger partial charge in [0.25, 0.3) is 0 Å². The molecular formula is C38H61FN6O6SSi. The molecule has 0 spiro atoms. The lowest BCUT2D eigenvalue weighted by atomic mass is 10.1. The predicted molar refractivity (Wildman–Crippen MR) is 209 cm³/mol. The highest BCUT2D eigenvalue weighted by molar-refractivity contribution is 7.89. The summed E-state index contributed by atoms with van der Waals surface area (Å²) in [6.45, 7) is 22.6. The van der Waals surface area contributed by atoms with Crippen molar-refractivity contribution in [3.05, 3.63) is 30.0 Å². The molecule has 1 saturated carbocycles. The van der Waals surface area contributed by atoms with Crippen LogP contribution in [0.3, 0.4) is 0 Å². The molecular weight excluding hydrogens is 716 g/mol. The highest BCUT2D eigenvalue weighted by Crippen LogP contribution is 2.45. The normalized spacial score (nSPS) is 24.0. The number of benzene rings is 1. The summed E-state index contributed by atoms with van der Waals surface area (Å²) in [6.07, 6.45) is 4.90. The smallest absolute Gasteiger partial charge is 0.410 e. The fourth-order valence-corrected chi connectivity index (χ4v) is 9.92. The van der Waals surface area contributed by atoms with Gasteiger partial charge in [-0.05, 0) is 92.8 Å². The van der Waals surface area contributed by atoms with Crippen LogP contribution in [0.1, 0.15) is 80.7 Å². The maximum atomic E-state index is 14.8. The first-order chi connectivity index (χ1) is 24.6. The lowest BCUT2D eigenvalue weighted by Gasteiger charge is -2.45. The molecule has 5 rings (SSSR count). The van der Waals surface area contributed by atoms with Crippen molar-refractivity contribution in [2.45, 2.75) is 141 Å². The minimum atomic E-state index is -4.07. The van der Waals surface area contributed by atoms with Crippen molar-refractivity contribution in [3.63, 3.8) is 0 Å². The molecule has 0 unspecified atom stereocenters. The van der Waals surface area contributed by atoms with E-state index in [1.165, 1.54) is 4.31 Å². The first-order valence-corrected chi connectivity index (χ1v) is 24.1. The van der Waals surface area contributed by atoms with Crippen LogP contribution in [-0.4, -0.2) is 121 Å². The lowest BCUT2D eigenvalue weighted by Crippen LogP contribution is -2.59. The van der Waals surface area contributed by atoms with Crippen LogP contribution < -0.4 is 4.90 Å². The lowest BCUT2D eigenvalue weighted by molar-refractivity contribution is -0.128. The number of ether oxygens (including phenoxy) is 2. The van der Waals surface area contributed by atoms with E-state index >= 15 is 0 Å². The number of likely N-dealkylation sites (tertiary alicyclic amines) is 1. The average molecular weight is 777 g/mol. The van der Waals surface area contributed by atoms with Crippen LogP contribution in [0.5, 0.6) is 0 Å². The Morgan fingerprint density at radius 3 is 2.30 bits per heavy atom. The highest BCUT2D eigenvalue weighted by atomic mass is 32.2. The summed E-state index contributed by atoms with van der Waals surface area (Å²) in [5, 5.41) is 5.54. The van der Waals surface area contributed by atoms with Gasteiger partial charge >= 0.3 is 6.09 Å². The average Bonchev–Trinajstić information content (AvgIpc) is 3.44. The van der Waals surface area contributed by atoms with Gasteiger partial charge in [0.05, 0.1) is 40.8 Å². The van der Waals surface area contributed by atoms with Gasteiger partial charge in [-0.25, -0.2) is 17.6 Å². The Kier molecular flexibility index (Phi) is 11.8. The van der Waals surface area contributed by atoms with Crippen molar-refractivity contribution in [3.8, 4) is 0 Å². The summed E-state index contributed by atoms with van der Waals surface area (Å²) < 4.78 is 59.2. The number of fused-ring (bicyclic) bond motifs is 1. The van der Waals surface area contributed by atoms with Gasteiger partial charge in [0.1, 0.15) is 19.0 Å². The number of rotatable bonds is 12. The quantitative estimate of drug-likeness (QED) is 0.100. The maximum absolute atomic E-state index is 14.8. The molecule has 0 bridgehead atoms. The minimum Gasteiger partial charge on any atom is -0.444 e. The molecule has 0 N–H and O–H groups in total. The fourth-order valence-electron chi connectivity index (χ4n) is 7.41. The van der Waals surface area contributed by atoms with E-state index in [-0.39, 0.29) is 48.3 Å². The molecule has 15 heteroatoms. The van der Waals surface area contributed by atoms with Crippen LogP contribution >= 0.6 is 0 Å². The molecule has 4 atom stereocenters. The number of hydrogen-bond acceptors (Lipinski definition) is 8. The van der Waals surface area contributed by atoms with Gasteiger partial charge in [0.15, 0.2) is 0 Å². The van der Waals surface area contributed by atoms with Crippen LogP contribution in [0.25, 0.3) is 10.9 Å². The van der Waals surface area contributed by atoms with Crippen LogP contribution in [0.2, 0.25) is 25.7 Å². The third-order valence-electron chi connectivity index (χ3n) is 10.8. The number of nitrogens with zero attached hydrogens (tertiary/aromatic N) is 6. The van der Waals surface area contributed by atoms with E-state index in [2.05, 4.69) is 24.5 Å². The molecule has 2 saturated heterocycles. The summed E-state index contributed by atoms with van der Waals surface area (Å²) in [7, 11) is -5.47. The van der Waals surface area contributed by atoms with E-state index in [1.54, 1.807) is 52.7 Å². The molecule has 2 amide bonds. The number of anilines is 1. The standard InChI is InChI=1S/C38H61FN6O6SSi/c1-12-26(2)35(46)42-24-30(17-29(42)20-39)45-34-19-31(52(48,49)43(38(8)13-14-38)25-50-15-16-53(9,10)11)18-33(32(34)21-40-45)41-22-27(3)44(28(4)23-41)36(47)51-37(5,6)7/h12,18-19,21,27-30H,13-17,20,22-25H2,1-11H3/b26-12+/t27-,28-,29-,30+/m0/s1. The van der Waals surface area contributed by atoms with Crippen molar-refractivity contribution in [1.82, 2.24) is 23.9 Å². The molecule has 1 aromatic carbocycles. The second kappa shape index (κ2) is 15.3. The van der Waals surface area contributed by atoms with Crippen LogP contribution in [0, 0.1) is 0 Å². The van der Waals surface area contributed by atoms with Gasteiger partial charge in [0, 0.05) is 56.5 Å². The molecule has 3 heterocycles. The Labute approximate surface area is 316 Å². The third kappa shape index (κ3) is 8.94. The number of hydrogen-bond donors (Lipinski definition) is 0. The molecule has 3 fully saturated rings. The summed E-state index contributed by atoms with van der Waals surface area (Å²) in [4.78, 5) is 32.1. The van der Waals surface area contributed by atoms with Gasteiger partial charge in [0.2, 0.25) is 15.9 Å². The predicted octanol–water partition coefficient (Wildman–Crippen LogP) is 6.80. The zero-order valence-corrected chi connectivity index (χ0v) is 35.4. The van der Waals surface area contributed by atoms with Gasteiger partial charge in [-0.2, -0.15) is 9.40 Å². The third-order valence-corrected chi connectivity index (χ3v) is 14.5. The number of sulfonamides is 1. The van der Waals surface area contributed by atoms with Gasteiger partial charge in [-0.3, -0.25) is 14.4 Å². The highest BCUT2D eigenvalue weighted by Gasteiger charge is 2.50. The maximum Gasteiger partial charge on any atom is 0.410 e. The largest absolute Gasteiger partial charge is 0.444 e. The number of allylic oxidation sites excluding steroid dienone is 1. The topological polar surface area (TPSA) is 118 Å². The second-order valence-corrected chi connectivity index (χ2v) is 25.3. The number of alkyl halides is 1. The van der Waals surface area contributed by atoms with Gasteiger partial charge < -0.3 is 19.3 Å². The van der Waals surface area contributed by atoms with E-state index in [4.69, 9.17) is 14.6 Å². The summed E-state index contributed by atoms with van der Waals surface area (Å²) in [5.74, 6) is -0.216. The Hall–Kier alpha value is -3.01. The van der Waals surface area contributed by atoms with E-state index < -0.39 is 42.0 Å². The van der Waals surface area contributed by atoms with Crippen molar-refractivity contribution in [2.75, 3.05) is 44.5 Å². The number of carbonyl (C=O) groups excluding carboxylic acids is 2. The van der Waals surface area contributed by atoms with Crippen LogP contribution in [-0.2, 0) is 24.3 Å². The number of aromatic nitrogens is 2. The summed E-state index contributed by atoms with van der Waals surface area (Å²) in [5.41, 5.74) is 0.622. The van der Waals surface area contributed by atoms with E-state index in [1.807, 2.05) is 41.5 Å². The first-order valence-electron chi connectivity index (χ1n) is 19.0. The zero-order chi connectivity index (χ0) is 39.3. The first kappa shape index (κ1) is 41.2. The second-order valence-electron chi connectivity index (χ2n) is 17.8. The Balaban J connectivity index is 1.57. The summed E-state index contributed by atoms with van der Waals surface area (Å²) in [6, 6.07) is 2.87. The zero-order valence-electron chi connectivity index (χ0n) is 33.6. The Bertz CT molecular complexity index is 1800. The monoisotopic (exact) mass is 776 g/mol. The Morgan fingerprint density at radius 1 is 1.11 bits per heavy atom. The fraction of sp³-hybridized carbons (Fsp3) is 0.711. The Morgan fingerprint density at radius 2 is 1.75 bits per heavy atom. The molecule has 296 valence electrons.